The van der Waals surface area contributed by atoms with Crippen LogP contribution in [0, 0.1) is 11.3 Å². The number of alkyl halides is 3. The van der Waals surface area contributed by atoms with E-state index in [1.54, 1.807) is 57.2 Å². The number of benzene rings is 3. The van der Waals surface area contributed by atoms with Gasteiger partial charge in [-0.3, -0.25) is 4.79 Å². The number of carbonyl (C=O) groups is 1. The molecule has 2 N–H and O–H groups in total. The number of rotatable bonds is 6. The molecule has 0 bridgehead atoms. The van der Waals surface area contributed by atoms with E-state index in [4.69, 9.17) is 5.26 Å². The summed E-state index contributed by atoms with van der Waals surface area (Å²) in [6, 6.07) is 19.1. The van der Waals surface area contributed by atoms with Crippen LogP contribution in [0.1, 0.15) is 31.9 Å². The van der Waals surface area contributed by atoms with Gasteiger partial charge in [-0.25, -0.2) is 13.1 Å². The minimum atomic E-state index is -4.83. The maximum Gasteiger partial charge on any atom is 0.417 e. The van der Waals surface area contributed by atoms with E-state index in [2.05, 4.69) is 10.0 Å². The molecule has 1 amide bonds. The van der Waals surface area contributed by atoms with Crippen LogP contribution in [0.4, 0.5) is 18.9 Å². The molecule has 0 fully saturated rings. The Hall–Kier alpha value is -3.94. The average molecular weight is 528 g/mol. The van der Waals surface area contributed by atoms with Crippen molar-refractivity contribution in [2.24, 2.45) is 0 Å². The van der Waals surface area contributed by atoms with Gasteiger partial charge in [0, 0.05) is 22.9 Å². The number of amides is 1. The second-order valence-electron chi connectivity index (χ2n) is 9.17. The number of hydrogen-bond donors (Lipinski definition) is 2. The summed E-state index contributed by atoms with van der Waals surface area (Å²) in [4.78, 5) is 12.5. The van der Waals surface area contributed by atoms with Crippen molar-refractivity contribution in [2.75, 3.05) is 5.32 Å². The highest BCUT2D eigenvalue weighted by Gasteiger charge is 2.35. The second-order valence-corrected chi connectivity index (χ2v) is 10.8. The molecule has 0 heterocycles. The van der Waals surface area contributed by atoms with Crippen molar-refractivity contribution in [1.82, 2.24) is 4.72 Å². The lowest BCUT2D eigenvalue weighted by Crippen LogP contribution is -2.40. The summed E-state index contributed by atoms with van der Waals surface area (Å²) in [6.07, 6.45) is -4.39. The van der Waals surface area contributed by atoms with E-state index < -0.39 is 33.2 Å². The largest absolute Gasteiger partial charge is 0.417 e. The summed E-state index contributed by atoms with van der Waals surface area (Å²) < 4.78 is 69.3. The molecule has 0 atom stereocenters. The van der Waals surface area contributed by atoms with Gasteiger partial charge in [0.1, 0.15) is 0 Å². The normalized spacial score (nSPS) is 12.6. The van der Waals surface area contributed by atoms with Gasteiger partial charge in [-0.2, -0.15) is 18.4 Å². The molecular weight excluding hydrogens is 503 g/mol. The summed E-state index contributed by atoms with van der Waals surface area (Å²) in [5.74, 6) is -1.01. The van der Waals surface area contributed by atoms with Crippen LogP contribution in [0.15, 0.2) is 83.8 Å². The Bertz CT molecular complexity index is 1480. The average Bonchev–Trinajstić information content (AvgIpc) is 2.81. The Morgan fingerprint density at radius 2 is 1.59 bits per heavy atom. The first-order valence-corrected chi connectivity index (χ1v) is 12.5. The maximum absolute atomic E-state index is 13.6. The van der Waals surface area contributed by atoms with E-state index in [0.29, 0.717) is 17.2 Å². The Morgan fingerprint density at radius 3 is 2.19 bits per heavy atom. The van der Waals surface area contributed by atoms with Gasteiger partial charge in [0.15, 0.2) is 0 Å². The van der Waals surface area contributed by atoms with Crippen molar-refractivity contribution in [3.05, 3.63) is 90.0 Å². The molecule has 0 aliphatic carbocycles. The highest BCUT2D eigenvalue weighted by Crippen LogP contribution is 2.34. The summed E-state index contributed by atoms with van der Waals surface area (Å²) in [5.41, 5.74) is -0.989. The molecule has 0 spiro atoms. The third-order valence-electron chi connectivity index (χ3n) is 4.96. The van der Waals surface area contributed by atoms with Crippen LogP contribution < -0.4 is 10.0 Å². The fourth-order valence-electron chi connectivity index (χ4n) is 3.53. The number of nitriles is 1. The Labute approximate surface area is 213 Å². The smallest absolute Gasteiger partial charge is 0.322 e. The van der Waals surface area contributed by atoms with E-state index in [-0.39, 0.29) is 21.7 Å². The highest BCUT2D eigenvalue weighted by molar-refractivity contribution is 7.89. The topological polar surface area (TPSA) is 99.1 Å². The molecule has 0 unspecified atom stereocenters. The minimum Gasteiger partial charge on any atom is -0.322 e. The predicted octanol–water partition coefficient (Wildman–Crippen LogP) is 5.89. The molecule has 3 aromatic rings. The van der Waals surface area contributed by atoms with Crippen molar-refractivity contribution >= 4 is 27.2 Å². The van der Waals surface area contributed by atoms with Gasteiger partial charge in [-0.15, -0.1) is 0 Å². The number of halogens is 3. The van der Waals surface area contributed by atoms with Crippen molar-refractivity contribution in [2.45, 2.75) is 37.4 Å². The van der Waals surface area contributed by atoms with Crippen LogP contribution in [0.25, 0.3) is 16.7 Å². The van der Waals surface area contributed by atoms with Gasteiger partial charge in [-0.05, 0) is 62.2 Å². The van der Waals surface area contributed by atoms with Gasteiger partial charge in [0.2, 0.25) is 15.9 Å². The SMILES string of the molecule is CC(C)(C)NS(=O)(=O)c1ccccc1-c1ccc(NC(=O)/C=C(/c2cccc(C#N)c2)C(F)(F)F)cc1. The standard InChI is InChI=1S/C27H24F3N3O3S/c1-26(2,3)33-37(35,36)24-10-5-4-9-22(24)19-11-13-21(14-12-19)32-25(34)16-23(27(28,29)30)20-8-6-7-18(15-20)17-31/h4-16,33H,1-3H3,(H,32,34)/b23-16-. The molecule has 3 rings (SSSR count). The number of allylic oxidation sites excluding steroid dienone is 1. The molecule has 37 heavy (non-hydrogen) atoms. The summed E-state index contributed by atoms with van der Waals surface area (Å²) in [6.45, 7) is 5.18. The van der Waals surface area contributed by atoms with Crippen molar-refractivity contribution in [3.63, 3.8) is 0 Å². The molecule has 0 aromatic heterocycles. The van der Waals surface area contributed by atoms with Crippen LogP contribution in [-0.4, -0.2) is 26.0 Å². The quantitative estimate of drug-likeness (QED) is 0.391. The molecule has 0 aliphatic heterocycles. The van der Waals surface area contributed by atoms with E-state index in [9.17, 15) is 26.4 Å². The number of carbonyl (C=O) groups excluding carboxylic acids is 1. The second kappa shape index (κ2) is 10.6. The van der Waals surface area contributed by atoms with Crippen LogP contribution >= 0.6 is 0 Å². The summed E-state index contributed by atoms with van der Waals surface area (Å²) in [5, 5.41) is 11.4. The van der Waals surface area contributed by atoms with Gasteiger partial charge >= 0.3 is 6.18 Å². The first-order chi connectivity index (χ1) is 17.2. The third-order valence-corrected chi connectivity index (χ3v) is 6.78. The van der Waals surface area contributed by atoms with Crippen molar-refractivity contribution < 1.29 is 26.4 Å². The highest BCUT2D eigenvalue weighted by atomic mass is 32.2. The maximum atomic E-state index is 13.6. The summed E-state index contributed by atoms with van der Waals surface area (Å²) >= 11 is 0. The van der Waals surface area contributed by atoms with E-state index in [0.717, 1.165) is 6.07 Å². The molecule has 0 aliphatic rings. The fraction of sp³-hybridized carbons (Fsp3) is 0.185. The van der Waals surface area contributed by atoms with Crippen LogP contribution in [0.2, 0.25) is 0 Å². The van der Waals surface area contributed by atoms with E-state index >= 15 is 0 Å². The summed E-state index contributed by atoms with van der Waals surface area (Å²) in [7, 11) is -3.84. The lowest BCUT2D eigenvalue weighted by Gasteiger charge is -2.21. The lowest BCUT2D eigenvalue weighted by molar-refractivity contribution is -0.112. The zero-order valence-electron chi connectivity index (χ0n) is 20.2. The van der Waals surface area contributed by atoms with Gasteiger partial charge < -0.3 is 5.32 Å². The Morgan fingerprint density at radius 1 is 0.946 bits per heavy atom. The number of sulfonamides is 1. The van der Waals surface area contributed by atoms with Crippen LogP contribution in [0.5, 0.6) is 0 Å². The molecule has 192 valence electrons. The van der Waals surface area contributed by atoms with Gasteiger partial charge in [-0.1, -0.05) is 42.5 Å². The first kappa shape index (κ1) is 27.6. The zero-order chi connectivity index (χ0) is 27.4. The molecule has 10 heteroatoms. The molecule has 0 saturated carbocycles. The number of hydrogen-bond acceptors (Lipinski definition) is 4. The van der Waals surface area contributed by atoms with E-state index in [1.165, 1.54) is 36.4 Å². The Balaban J connectivity index is 1.88. The molecule has 0 radical (unpaired) electrons. The molecule has 3 aromatic carbocycles. The monoisotopic (exact) mass is 527 g/mol. The predicted molar refractivity (Wildman–Crippen MR) is 136 cm³/mol. The van der Waals surface area contributed by atoms with Gasteiger partial charge in [0.05, 0.1) is 22.1 Å². The van der Waals surface area contributed by atoms with Crippen LogP contribution in [0.3, 0.4) is 0 Å². The van der Waals surface area contributed by atoms with Crippen molar-refractivity contribution in [3.8, 4) is 17.2 Å². The first-order valence-electron chi connectivity index (χ1n) is 11.0. The number of nitrogens with zero attached hydrogens (tertiary/aromatic N) is 1. The third kappa shape index (κ3) is 7.29. The molecular formula is C27H24F3N3O3S. The van der Waals surface area contributed by atoms with E-state index in [1.807, 2.05) is 0 Å². The zero-order valence-corrected chi connectivity index (χ0v) is 21.0. The number of nitrogens with one attached hydrogen (secondary N) is 2. The van der Waals surface area contributed by atoms with Crippen molar-refractivity contribution in [1.29, 1.82) is 5.26 Å². The minimum absolute atomic E-state index is 0.0312. The number of anilines is 1. The lowest BCUT2D eigenvalue weighted by atomic mass is 10.0. The Kier molecular flexibility index (Phi) is 7.91. The van der Waals surface area contributed by atoms with Gasteiger partial charge in [0.25, 0.3) is 0 Å². The molecule has 0 saturated heterocycles. The fourth-order valence-corrected chi connectivity index (χ4v) is 5.17. The van der Waals surface area contributed by atoms with Crippen LogP contribution in [-0.2, 0) is 14.8 Å². The molecule has 6 nitrogen and oxygen atoms in total.